The van der Waals surface area contributed by atoms with E-state index in [2.05, 4.69) is 23.7 Å². The SMILES string of the molecule is COC(=O)C1(c2ccccc2)CCN(Cc2sc(C)nc2C)CC1. The number of aryl methyl sites for hydroxylation is 2. The van der Waals surface area contributed by atoms with Gasteiger partial charge in [-0.15, -0.1) is 11.3 Å². The number of likely N-dealkylation sites (tertiary alicyclic amines) is 1. The third-order valence-electron chi connectivity index (χ3n) is 4.98. The number of aromatic nitrogens is 1. The van der Waals surface area contributed by atoms with Crippen molar-refractivity contribution in [1.82, 2.24) is 9.88 Å². The smallest absolute Gasteiger partial charge is 0.316 e. The lowest BCUT2D eigenvalue weighted by Crippen LogP contribution is -2.47. The van der Waals surface area contributed by atoms with Crippen molar-refractivity contribution in [2.24, 2.45) is 0 Å². The fourth-order valence-electron chi connectivity index (χ4n) is 3.58. The minimum atomic E-state index is -0.509. The molecule has 0 bridgehead atoms. The van der Waals surface area contributed by atoms with Gasteiger partial charge in [0.1, 0.15) is 0 Å². The van der Waals surface area contributed by atoms with Gasteiger partial charge in [-0.05, 0) is 45.3 Å². The Bertz CT molecular complexity index is 703. The molecule has 3 rings (SSSR count). The molecule has 2 heterocycles. The summed E-state index contributed by atoms with van der Waals surface area (Å²) in [5, 5.41) is 1.12. The van der Waals surface area contributed by atoms with Crippen molar-refractivity contribution in [3.05, 3.63) is 51.5 Å². The second-order valence-electron chi connectivity index (χ2n) is 6.46. The molecule has 0 aliphatic carbocycles. The molecule has 24 heavy (non-hydrogen) atoms. The second kappa shape index (κ2) is 7.03. The first-order chi connectivity index (χ1) is 11.5. The van der Waals surface area contributed by atoms with Gasteiger partial charge in [0.15, 0.2) is 0 Å². The van der Waals surface area contributed by atoms with Gasteiger partial charge in [-0.2, -0.15) is 0 Å². The van der Waals surface area contributed by atoms with E-state index in [9.17, 15) is 4.79 Å². The van der Waals surface area contributed by atoms with E-state index >= 15 is 0 Å². The molecule has 1 aliphatic rings. The molecule has 5 heteroatoms. The molecule has 0 amide bonds. The molecular formula is C19H24N2O2S. The summed E-state index contributed by atoms with van der Waals surface area (Å²) in [6.07, 6.45) is 1.58. The van der Waals surface area contributed by atoms with E-state index in [1.807, 2.05) is 30.3 Å². The minimum Gasteiger partial charge on any atom is -0.468 e. The Morgan fingerprint density at radius 2 is 1.92 bits per heavy atom. The Kier molecular flexibility index (Phi) is 5.01. The van der Waals surface area contributed by atoms with E-state index in [4.69, 9.17) is 4.74 Å². The maximum absolute atomic E-state index is 12.6. The van der Waals surface area contributed by atoms with Crippen LogP contribution in [0.15, 0.2) is 30.3 Å². The van der Waals surface area contributed by atoms with Gasteiger partial charge in [-0.3, -0.25) is 9.69 Å². The number of carbonyl (C=O) groups excluding carboxylic acids is 1. The number of piperidine rings is 1. The Balaban J connectivity index is 1.75. The Morgan fingerprint density at radius 1 is 1.25 bits per heavy atom. The van der Waals surface area contributed by atoms with E-state index in [1.165, 1.54) is 12.0 Å². The largest absolute Gasteiger partial charge is 0.468 e. The van der Waals surface area contributed by atoms with Gasteiger partial charge in [0.05, 0.1) is 23.2 Å². The van der Waals surface area contributed by atoms with E-state index in [1.54, 1.807) is 11.3 Å². The molecule has 1 aromatic carbocycles. The normalized spacial score (nSPS) is 17.6. The van der Waals surface area contributed by atoms with Crippen molar-refractivity contribution in [2.45, 2.75) is 38.6 Å². The molecule has 0 spiro atoms. The number of carbonyl (C=O) groups is 1. The van der Waals surface area contributed by atoms with Crippen LogP contribution in [0.5, 0.6) is 0 Å². The molecule has 2 aromatic rings. The number of hydrogen-bond donors (Lipinski definition) is 0. The number of esters is 1. The molecule has 128 valence electrons. The summed E-state index contributed by atoms with van der Waals surface area (Å²) in [5.41, 5.74) is 1.69. The van der Waals surface area contributed by atoms with Gasteiger partial charge in [-0.1, -0.05) is 30.3 Å². The van der Waals surface area contributed by atoms with Crippen LogP contribution in [0.2, 0.25) is 0 Å². The fraction of sp³-hybridized carbons (Fsp3) is 0.474. The van der Waals surface area contributed by atoms with Crippen molar-refractivity contribution in [3.8, 4) is 0 Å². The first-order valence-electron chi connectivity index (χ1n) is 8.34. The summed E-state index contributed by atoms with van der Waals surface area (Å²) in [6, 6.07) is 10.1. The summed E-state index contributed by atoms with van der Waals surface area (Å²) in [5.74, 6) is -0.113. The van der Waals surface area contributed by atoms with Crippen LogP contribution in [-0.4, -0.2) is 36.1 Å². The molecule has 1 fully saturated rings. The number of rotatable bonds is 4. The van der Waals surface area contributed by atoms with E-state index in [0.29, 0.717) is 0 Å². The van der Waals surface area contributed by atoms with Crippen LogP contribution in [0.25, 0.3) is 0 Å². The molecule has 0 atom stereocenters. The minimum absolute atomic E-state index is 0.113. The van der Waals surface area contributed by atoms with Gasteiger partial charge in [0, 0.05) is 11.4 Å². The van der Waals surface area contributed by atoms with Crippen LogP contribution >= 0.6 is 11.3 Å². The third-order valence-corrected chi connectivity index (χ3v) is 6.04. The Hall–Kier alpha value is -1.72. The summed E-state index contributed by atoms with van der Waals surface area (Å²) >= 11 is 1.77. The predicted molar refractivity (Wildman–Crippen MR) is 96.2 cm³/mol. The highest BCUT2D eigenvalue weighted by Crippen LogP contribution is 2.37. The average molecular weight is 344 g/mol. The van der Waals surface area contributed by atoms with Crippen LogP contribution < -0.4 is 0 Å². The first kappa shape index (κ1) is 17.1. The highest BCUT2D eigenvalue weighted by atomic mass is 32.1. The van der Waals surface area contributed by atoms with Crippen LogP contribution in [0.3, 0.4) is 0 Å². The fourth-order valence-corrected chi connectivity index (χ4v) is 4.56. The number of methoxy groups -OCH3 is 1. The maximum atomic E-state index is 12.6. The standard InChI is InChI=1S/C19H24N2O2S/c1-14-17(24-15(2)20-14)13-21-11-9-19(10-12-21,18(22)23-3)16-7-5-4-6-8-16/h4-8H,9-13H2,1-3H3. The first-order valence-corrected chi connectivity index (χ1v) is 9.16. The molecule has 0 N–H and O–H groups in total. The average Bonchev–Trinajstić information content (AvgIpc) is 2.93. The molecule has 0 radical (unpaired) electrons. The van der Waals surface area contributed by atoms with Crippen LogP contribution in [0.4, 0.5) is 0 Å². The van der Waals surface area contributed by atoms with Crippen LogP contribution in [-0.2, 0) is 21.5 Å². The molecule has 1 aromatic heterocycles. The van der Waals surface area contributed by atoms with E-state index in [-0.39, 0.29) is 5.97 Å². The maximum Gasteiger partial charge on any atom is 0.316 e. The number of thiazole rings is 1. The van der Waals surface area contributed by atoms with Crippen molar-refractivity contribution in [2.75, 3.05) is 20.2 Å². The van der Waals surface area contributed by atoms with Crippen molar-refractivity contribution < 1.29 is 9.53 Å². The number of benzene rings is 1. The van der Waals surface area contributed by atoms with Gasteiger partial charge in [0.2, 0.25) is 0 Å². The summed E-state index contributed by atoms with van der Waals surface area (Å²) in [7, 11) is 1.49. The van der Waals surface area contributed by atoms with Crippen molar-refractivity contribution >= 4 is 17.3 Å². The monoisotopic (exact) mass is 344 g/mol. The van der Waals surface area contributed by atoms with E-state index in [0.717, 1.165) is 48.7 Å². The highest BCUT2D eigenvalue weighted by Gasteiger charge is 2.43. The highest BCUT2D eigenvalue weighted by molar-refractivity contribution is 7.11. The third kappa shape index (κ3) is 3.23. The molecule has 4 nitrogen and oxygen atoms in total. The lowest BCUT2D eigenvalue weighted by Gasteiger charge is -2.40. The lowest BCUT2D eigenvalue weighted by molar-refractivity contribution is -0.149. The van der Waals surface area contributed by atoms with Crippen molar-refractivity contribution in [1.29, 1.82) is 0 Å². The molecule has 1 aliphatic heterocycles. The van der Waals surface area contributed by atoms with Crippen molar-refractivity contribution in [3.63, 3.8) is 0 Å². The Morgan fingerprint density at radius 3 is 2.46 bits per heavy atom. The molecule has 1 saturated heterocycles. The quantitative estimate of drug-likeness (QED) is 0.797. The zero-order valence-corrected chi connectivity index (χ0v) is 15.4. The Labute approximate surface area is 147 Å². The predicted octanol–water partition coefficient (Wildman–Crippen LogP) is 3.47. The summed E-state index contributed by atoms with van der Waals surface area (Å²) in [4.78, 5) is 20.8. The zero-order chi connectivity index (χ0) is 17.2. The number of hydrogen-bond acceptors (Lipinski definition) is 5. The van der Waals surface area contributed by atoms with Crippen LogP contribution in [0.1, 0.15) is 34.0 Å². The van der Waals surface area contributed by atoms with Gasteiger partial charge in [-0.25, -0.2) is 4.98 Å². The summed E-state index contributed by atoms with van der Waals surface area (Å²) in [6.45, 7) is 6.82. The van der Waals surface area contributed by atoms with Gasteiger partial charge < -0.3 is 4.74 Å². The van der Waals surface area contributed by atoms with E-state index < -0.39 is 5.41 Å². The number of ether oxygens (including phenoxy) is 1. The topological polar surface area (TPSA) is 42.4 Å². The number of nitrogens with zero attached hydrogens (tertiary/aromatic N) is 2. The van der Waals surface area contributed by atoms with Gasteiger partial charge in [0.25, 0.3) is 0 Å². The molecular weight excluding hydrogens is 320 g/mol. The summed E-state index contributed by atoms with van der Waals surface area (Å²) < 4.78 is 5.16. The molecule has 0 unspecified atom stereocenters. The zero-order valence-electron chi connectivity index (χ0n) is 14.5. The second-order valence-corrected chi connectivity index (χ2v) is 7.75. The lowest BCUT2D eigenvalue weighted by atomic mass is 9.72. The molecule has 0 saturated carbocycles. The van der Waals surface area contributed by atoms with Crippen LogP contribution in [0, 0.1) is 13.8 Å². The van der Waals surface area contributed by atoms with Gasteiger partial charge >= 0.3 is 5.97 Å².